The number of aromatic nitrogens is 8. The van der Waals surface area contributed by atoms with Crippen LogP contribution in [0.15, 0.2) is 304 Å². The second kappa shape index (κ2) is 35.4. The third-order valence-electron chi connectivity index (χ3n) is 25.6. The molecule has 12 aromatic carbocycles. The lowest BCUT2D eigenvalue weighted by Gasteiger charge is -2.35. The summed E-state index contributed by atoms with van der Waals surface area (Å²) in [6, 6.07) is 96.7. The summed E-state index contributed by atoms with van der Waals surface area (Å²) < 4.78 is 19.2. The summed E-state index contributed by atoms with van der Waals surface area (Å²) in [5.74, 6) is -0.512. The van der Waals surface area contributed by atoms with E-state index in [9.17, 15) is 23.6 Å². The van der Waals surface area contributed by atoms with Crippen molar-refractivity contribution >= 4 is 65.8 Å². The number of rotatable bonds is 17. The van der Waals surface area contributed by atoms with E-state index in [0.29, 0.717) is 27.6 Å². The fraction of sp³-hybridized carbons (Fsp3) is 0.231. The first-order chi connectivity index (χ1) is 61.8. The molecule has 126 heavy (non-hydrogen) atoms. The molecule has 7 aliphatic rings. The molecule has 630 valence electrons. The molecule has 0 amide bonds. The average molecular weight is 1670 g/mol. The van der Waals surface area contributed by atoms with Gasteiger partial charge in [0.25, 0.3) is 22.2 Å². The molecule has 0 radical (unpaired) electrons. The topological polar surface area (TPSA) is 262 Å². The van der Waals surface area contributed by atoms with Crippen LogP contribution < -0.4 is 48.8 Å². The van der Waals surface area contributed by atoms with E-state index < -0.39 is 0 Å². The Morgan fingerprint density at radius 2 is 0.698 bits per heavy atom. The molecule has 1 aliphatic carbocycles. The van der Waals surface area contributed by atoms with Gasteiger partial charge in [0.05, 0.1) is 105 Å². The number of hydrogen-bond donors (Lipinski definition) is 9. The number of nitrogens with zero attached hydrogens (tertiary/aromatic N) is 7. The third-order valence-corrected chi connectivity index (χ3v) is 25.6. The van der Waals surface area contributed by atoms with Gasteiger partial charge in [-0.1, -0.05) is 224 Å². The van der Waals surface area contributed by atoms with Crippen molar-refractivity contribution in [2.24, 2.45) is 0 Å². The molecule has 4 aromatic heterocycles. The SMILES string of the molecule is CN(C)Cc1cccc(C2Nc3cccc4c(=O)[nH]nc(c34)C2c2ccccc2)c1.O=c1[nH]nc2c3c(cccc13)NC(c1ccc(CN3CCC3)cc1)C2c1ccc(F)cc1.O=c1[nH]nc2c3c(cccc13)NC(c1cccc(CN3CCOCC3)c1)C2c1ccccc1.O=c1[nH]nc2c3c(cccc13)NC(c1ccccc1)C2c1cccc(CNC2CC2)c1. The Bertz CT molecular complexity index is 6920. The predicted molar refractivity (Wildman–Crippen MR) is 497 cm³/mol. The largest absolute Gasteiger partial charge is 0.379 e. The minimum absolute atomic E-state index is 0.00557. The lowest BCUT2D eigenvalue weighted by atomic mass is 9.79. The maximum atomic E-state index is 13.7. The molecule has 0 bridgehead atoms. The van der Waals surface area contributed by atoms with Crippen LogP contribution in [0.5, 0.6) is 0 Å². The van der Waals surface area contributed by atoms with Crippen molar-refractivity contribution in [2.45, 2.75) is 99.3 Å². The Kier molecular flexibility index (Phi) is 22.6. The van der Waals surface area contributed by atoms with Crippen molar-refractivity contribution in [3.63, 3.8) is 0 Å². The van der Waals surface area contributed by atoms with Gasteiger partial charge < -0.3 is 36.2 Å². The highest BCUT2D eigenvalue weighted by Gasteiger charge is 2.40. The number of nitrogens with one attached hydrogen (secondary N) is 9. The number of hydrogen-bond acceptors (Lipinski definition) is 17. The van der Waals surface area contributed by atoms with E-state index >= 15 is 0 Å². The highest BCUT2D eigenvalue weighted by Crippen LogP contribution is 2.52. The standard InChI is InChI=1S/C27H26N4O2.C26H23FN4O.C26H24N4O.C25H24N4O/c32-27-21-10-5-11-22-24(21)26(29-30-27)23(19-7-2-1-3-8-19)25(28-22)20-9-4-6-18(16-20)17-31-12-14-33-15-13-31;27-19-11-9-17(10-12-19)22-24(18-7-5-16(6-8-18)15-31-13-2-14-31)28-21-4-1-3-20-23(21)25(22)29-30-26(20)32;31-26-20-10-5-11-21-23(20)25(29-30-26)22(24(28-21)17-7-2-1-3-8-17)18-9-4-6-16(14-18)15-27-19-12-13-19;1-29(2)15-16-8-6-11-18(14-16)23-21(17-9-4-3-5-10-17)24-22-19(25(30)28-27-24)12-7-13-20(22)26-23/h1-11,16,23,25,28H,12-15,17H2,(H,30,32);1,3-12,22,24,28H,2,13-15H2,(H,30,32);1-11,14,19,22,24,27-28H,12-13,15H2,(H,30,31);3-14,21,23,26H,15H2,1-2H3,(H,28,30). The lowest BCUT2D eigenvalue weighted by Crippen LogP contribution is -2.36. The van der Waals surface area contributed by atoms with Gasteiger partial charge in [0.2, 0.25) is 0 Å². The molecule has 6 aliphatic heterocycles. The Morgan fingerprint density at radius 1 is 0.357 bits per heavy atom. The minimum Gasteiger partial charge on any atom is -0.379 e. The van der Waals surface area contributed by atoms with Crippen molar-refractivity contribution < 1.29 is 9.13 Å². The molecule has 23 rings (SSSR count). The molecule has 0 spiro atoms. The number of anilines is 4. The van der Waals surface area contributed by atoms with Gasteiger partial charge in [-0.15, -0.1) is 0 Å². The van der Waals surface area contributed by atoms with Crippen molar-refractivity contribution in [1.29, 1.82) is 0 Å². The molecule has 9 N–H and O–H groups in total. The fourth-order valence-corrected chi connectivity index (χ4v) is 19.4. The lowest BCUT2D eigenvalue weighted by molar-refractivity contribution is 0.0342. The number of H-pyrrole nitrogens is 4. The van der Waals surface area contributed by atoms with Crippen LogP contribution in [-0.2, 0) is 30.9 Å². The maximum Gasteiger partial charge on any atom is 0.272 e. The molecule has 3 fully saturated rings. The van der Waals surface area contributed by atoms with Crippen molar-refractivity contribution in [3.05, 3.63) is 422 Å². The molecular weight excluding hydrogens is 1570 g/mol. The van der Waals surface area contributed by atoms with Gasteiger partial charge in [-0.3, -0.25) is 29.0 Å². The summed E-state index contributed by atoms with van der Waals surface area (Å²) >= 11 is 0. The Balaban J connectivity index is 0.000000106. The van der Waals surface area contributed by atoms with E-state index in [0.717, 1.165) is 131 Å². The van der Waals surface area contributed by atoms with Crippen molar-refractivity contribution in [2.75, 3.05) is 74.8 Å². The van der Waals surface area contributed by atoms with E-state index in [1.807, 2.05) is 91.0 Å². The number of benzene rings is 12. The molecule has 8 unspecified atom stereocenters. The number of likely N-dealkylation sites (tertiary alicyclic amines) is 1. The predicted octanol–water partition coefficient (Wildman–Crippen LogP) is 17.4. The zero-order valence-corrected chi connectivity index (χ0v) is 70.1. The summed E-state index contributed by atoms with van der Waals surface area (Å²) in [5, 5.41) is 53.8. The van der Waals surface area contributed by atoms with Gasteiger partial charge in [-0.25, -0.2) is 24.8 Å². The molecule has 1 saturated carbocycles. The first kappa shape index (κ1) is 80.5. The average Bonchev–Trinajstić information content (AvgIpc) is 0.800. The van der Waals surface area contributed by atoms with Crippen molar-refractivity contribution in [1.82, 2.24) is 60.8 Å². The fourth-order valence-electron chi connectivity index (χ4n) is 19.4. The molecule has 22 heteroatoms. The first-order valence-corrected chi connectivity index (χ1v) is 43.6. The number of ether oxygens (including phenoxy) is 1. The number of halogens is 1. The molecule has 2 saturated heterocycles. The van der Waals surface area contributed by atoms with Crippen LogP contribution in [0.2, 0.25) is 0 Å². The van der Waals surface area contributed by atoms with Crippen molar-refractivity contribution in [3.8, 4) is 0 Å². The molecule has 8 atom stereocenters. The van der Waals surface area contributed by atoms with Crippen LogP contribution in [0, 0.1) is 5.82 Å². The van der Waals surface area contributed by atoms with Crippen LogP contribution in [0.1, 0.15) is 157 Å². The van der Waals surface area contributed by atoms with Gasteiger partial charge in [-0.05, 0) is 174 Å². The van der Waals surface area contributed by atoms with E-state index in [2.05, 4.69) is 266 Å². The van der Waals surface area contributed by atoms with Crippen LogP contribution in [-0.4, -0.2) is 115 Å². The first-order valence-electron chi connectivity index (χ1n) is 43.6. The zero-order chi connectivity index (χ0) is 85.3. The Hall–Kier alpha value is -13.9. The molecule has 10 heterocycles. The third kappa shape index (κ3) is 16.5. The quantitative estimate of drug-likeness (QED) is 0.0410. The summed E-state index contributed by atoms with van der Waals surface area (Å²) in [7, 11) is 4.16. The van der Waals surface area contributed by atoms with E-state index in [-0.39, 0.29) is 75.9 Å². The van der Waals surface area contributed by atoms with Gasteiger partial charge in [0.15, 0.2) is 0 Å². The van der Waals surface area contributed by atoms with Gasteiger partial charge in [0.1, 0.15) is 5.82 Å². The smallest absolute Gasteiger partial charge is 0.272 e. The van der Waals surface area contributed by atoms with E-state index in [1.165, 1.54) is 100 Å². The maximum absolute atomic E-state index is 13.7. The summed E-state index contributed by atoms with van der Waals surface area (Å²) in [6.07, 6.45) is 3.83. The van der Waals surface area contributed by atoms with Gasteiger partial charge >= 0.3 is 0 Å². The molecular formula is C104H97FN16O5. The summed E-state index contributed by atoms with van der Waals surface area (Å²) in [5.41, 5.74) is 21.0. The van der Waals surface area contributed by atoms with Gasteiger partial charge in [0, 0.05) is 89.6 Å². The summed E-state index contributed by atoms with van der Waals surface area (Å²) in [6.45, 7) is 9.51. The van der Waals surface area contributed by atoms with E-state index in [1.54, 1.807) is 12.1 Å². The zero-order valence-electron chi connectivity index (χ0n) is 70.1. The number of morpholine rings is 1. The molecule has 16 aromatic rings. The Morgan fingerprint density at radius 3 is 1.13 bits per heavy atom. The minimum atomic E-state index is -0.274. The normalized spacial score (nSPS) is 19.6. The number of aromatic amines is 4. The van der Waals surface area contributed by atoms with Crippen LogP contribution >= 0.6 is 0 Å². The second-order valence-corrected chi connectivity index (χ2v) is 34.2. The van der Waals surface area contributed by atoms with Crippen LogP contribution in [0.4, 0.5) is 27.1 Å². The summed E-state index contributed by atoms with van der Waals surface area (Å²) in [4.78, 5) is 56.8. The molecule has 21 nitrogen and oxygen atoms in total. The highest BCUT2D eigenvalue weighted by molar-refractivity contribution is 6.00. The monoisotopic (exact) mass is 1670 g/mol. The van der Waals surface area contributed by atoms with E-state index in [4.69, 9.17) is 4.74 Å². The van der Waals surface area contributed by atoms with Crippen LogP contribution in [0.3, 0.4) is 0 Å². The Labute approximate surface area is 727 Å². The second-order valence-electron chi connectivity index (χ2n) is 34.2. The van der Waals surface area contributed by atoms with Crippen LogP contribution in [0.25, 0.3) is 43.1 Å². The highest BCUT2D eigenvalue weighted by atomic mass is 19.1. The van der Waals surface area contributed by atoms with Gasteiger partial charge in [-0.2, -0.15) is 20.4 Å².